The van der Waals surface area contributed by atoms with E-state index in [2.05, 4.69) is 4.74 Å². The predicted molar refractivity (Wildman–Crippen MR) is 62.0 cm³/mol. The van der Waals surface area contributed by atoms with Crippen molar-refractivity contribution in [3.63, 3.8) is 0 Å². The molecule has 0 fully saturated rings. The number of carbonyl (C=O) groups excluding carboxylic acids is 1. The molecule has 0 amide bonds. The Morgan fingerprint density at radius 2 is 2.00 bits per heavy atom. The molecule has 1 aromatic rings. The summed E-state index contributed by atoms with van der Waals surface area (Å²) in [5.41, 5.74) is -0.247. The molecule has 0 bridgehead atoms. The molecule has 16 heavy (non-hydrogen) atoms. The summed E-state index contributed by atoms with van der Waals surface area (Å²) in [5.74, 6) is -0.550. The molecule has 3 nitrogen and oxygen atoms in total. The second kappa shape index (κ2) is 5.66. The average Bonchev–Trinajstić information content (AvgIpc) is 2.36. The minimum Gasteiger partial charge on any atom is -0.467 e. The first-order valence-corrected chi connectivity index (χ1v) is 5.47. The highest BCUT2D eigenvalue weighted by Crippen LogP contribution is 2.19. The molecule has 0 heterocycles. The van der Waals surface area contributed by atoms with E-state index in [1.54, 1.807) is 6.92 Å². The smallest absolute Gasteiger partial charge is 0.337 e. The van der Waals surface area contributed by atoms with Crippen LogP contribution in [0.3, 0.4) is 0 Å². The molecule has 3 heteroatoms. The number of benzene rings is 1. The summed E-state index contributed by atoms with van der Waals surface area (Å²) in [5, 5.41) is 10.1. The third-order valence-corrected chi connectivity index (χ3v) is 2.82. The lowest BCUT2D eigenvalue weighted by molar-refractivity contribution is -0.163. The fourth-order valence-electron chi connectivity index (χ4n) is 1.61. The fourth-order valence-corrected chi connectivity index (χ4v) is 1.61. The maximum absolute atomic E-state index is 11.4. The van der Waals surface area contributed by atoms with E-state index in [4.69, 9.17) is 0 Å². The van der Waals surface area contributed by atoms with Crippen LogP contribution in [-0.2, 0) is 16.0 Å². The topological polar surface area (TPSA) is 46.5 Å². The van der Waals surface area contributed by atoms with Gasteiger partial charge in [0.1, 0.15) is 0 Å². The number of esters is 1. The Bertz CT molecular complexity index is 334. The number of methoxy groups -OCH3 is 1. The number of aryl methyl sites for hydroxylation is 1. The number of carbonyl (C=O) groups is 1. The second-order valence-electron chi connectivity index (χ2n) is 3.86. The van der Waals surface area contributed by atoms with Crippen LogP contribution in [0.25, 0.3) is 0 Å². The lowest BCUT2D eigenvalue weighted by Crippen LogP contribution is -2.39. The van der Waals surface area contributed by atoms with Crippen molar-refractivity contribution in [2.24, 2.45) is 0 Å². The zero-order valence-corrected chi connectivity index (χ0v) is 9.77. The Hall–Kier alpha value is -1.35. The van der Waals surface area contributed by atoms with Gasteiger partial charge in [-0.1, -0.05) is 37.3 Å². The maximum atomic E-state index is 11.4. The van der Waals surface area contributed by atoms with E-state index in [1.807, 2.05) is 30.3 Å². The molecule has 1 atom stereocenters. The lowest BCUT2D eigenvalue weighted by Gasteiger charge is -2.23. The highest BCUT2D eigenvalue weighted by atomic mass is 16.5. The molecule has 0 aromatic heterocycles. The standard InChI is InChI=1S/C13H18O3/c1-3-13(15,12(14)16-2)10-9-11-7-5-4-6-8-11/h4-8,15H,3,9-10H2,1-2H3/t13-/m0/s1. The molecule has 0 radical (unpaired) electrons. The normalized spacial score (nSPS) is 14.2. The Kier molecular flexibility index (Phi) is 4.50. The number of rotatable bonds is 5. The molecule has 0 aliphatic carbocycles. The zero-order chi connectivity index (χ0) is 12.0. The summed E-state index contributed by atoms with van der Waals surface area (Å²) in [7, 11) is 1.30. The fraction of sp³-hybridized carbons (Fsp3) is 0.462. The number of ether oxygens (including phenoxy) is 1. The van der Waals surface area contributed by atoms with Gasteiger partial charge in [0, 0.05) is 0 Å². The summed E-state index contributed by atoms with van der Waals surface area (Å²) in [4.78, 5) is 11.4. The highest BCUT2D eigenvalue weighted by Gasteiger charge is 2.34. The SMILES string of the molecule is CC[C@](O)(CCc1ccccc1)C(=O)OC. The van der Waals surface area contributed by atoms with Crippen LogP contribution in [0.1, 0.15) is 25.3 Å². The van der Waals surface area contributed by atoms with Gasteiger partial charge in [0.2, 0.25) is 0 Å². The first kappa shape index (κ1) is 12.7. The van der Waals surface area contributed by atoms with E-state index < -0.39 is 11.6 Å². The largest absolute Gasteiger partial charge is 0.467 e. The molecule has 0 spiro atoms. The summed E-state index contributed by atoms with van der Waals surface area (Å²) in [6.45, 7) is 1.78. The van der Waals surface area contributed by atoms with Gasteiger partial charge >= 0.3 is 5.97 Å². The van der Waals surface area contributed by atoms with Crippen LogP contribution in [0.2, 0.25) is 0 Å². The first-order valence-electron chi connectivity index (χ1n) is 5.47. The van der Waals surface area contributed by atoms with Gasteiger partial charge in [0.05, 0.1) is 7.11 Å². The third kappa shape index (κ3) is 3.07. The van der Waals surface area contributed by atoms with Gasteiger partial charge in [0.15, 0.2) is 5.60 Å². The molecule has 1 rings (SSSR count). The van der Waals surface area contributed by atoms with Crippen molar-refractivity contribution in [3.8, 4) is 0 Å². The van der Waals surface area contributed by atoms with E-state index >= 15 is 0 Å². The molecule has 0 unspecified atom stereocenters. The van der Waals surface area contributed by atoms with Crippen LogP contribution in [0, 0.1) is 0 Å². The maximum Gasteiger partial charge on any atom is 0.337 e. The minimum atomic E-state index is -1.36. The predicted octanol–water partition coefficient (Wildman–Crippen LogP) is 1.93. The van der Waals surface area contributed by atoms with Crippen LogP contribution in [0.15, 0.2) is 30.3 Å². The average molecular weight is 222 g/mol. The third-order valence-electron chi connectivity index (χ3n) is 2.82. The van der Waals surface area contributed by atoms with Crippen LogP contribution in [0.4, 0.5) is 0 Å². The molecular weight excluding hydrogens is 204 g/mol. The quantitative estimate of drug-likeness (QED) is 0.774. The van der Waals surface area contributed by atoms with Crippen molar-refractivity contribution in [1.29, 1.82) is 0 Å². The Morgan fingerprint density at radius 3 is 2.50 bits per heavy atom. The van der Waals surface area contributed by atoms with Crippen LogP contribution in [-0.4, -0.2) is 23.8 Å². The van der Waals surface area contributed by atoms with E-state index in [0.717, 1.165) is 5.56 Å². The van der Waals surface area contributed by atoms with Gasteiger partial charge in [-0.2, -0.15) is 0 Å². The Labute approximate surface area is 96.1 Å². The van der Waals surface area contributed by atoms with Gasteiger partial charge in [-0.15, -0.1) is 0 Å². The summed E-state index contributed by atoms with van der Waals surface area (Å²) in [6.07, 6.45) is 1.42. The zero-order valence-electron chi connectivity index (χ0n) is 9.77. The van der Waals surface area contributed by atoms with Crippen LogP contribution >= 0.6 is 0 Å². The lowest BCUT2D eigenvalue weighted by atomic mass is 9.92. The number of aliphatic hydroxyl groups is 1. The molecule has 88 valence electrons. The van der Waals surface area contributed by atoms with Crippen molar-refractivity contribution in [1.82, 2.24) is 0 Å². The molecule has 1 aromatic carbocycles. The van der Waals surface area contributed by atoms with Crippen molar-refractivity contribution in [3.05, 3.63) is 35.9 Å². The summed E-state index contributed by atoms with van der Waals surface area (Å²) < 4.78 is 4.61. The number of hydrogen-bond acceptors (Lipinski definition) is 3. The molecule has 1 N–H and O–H groups in total. The van der Waals surface area contributed by atoms with Crippen LogP contribution in [0.5, 0.6) is 0 Å². The van der Waals surface area contributed by atoms with Gasteiger partial charge in [-0.3, -0.25) is 0 Å². The Balaban J connectivity index is 2.62. The van der Waals surface area contributed by atoms with Gasteiger partial charge in [-0.25, -0.2) is 4.79 Å². The minimum absolute atomic E-state index is 0.368. The van der Waals surface area contributed by atoms with Gasteiger partial charge in [-0.05, 0) is 24.8 Å². The van der Waals surface area contributed by atoms with E-state index in [-0.39, 0.29) is 0 Å². The summed E-state index contributed by atoms with van der Waals surface area (Å²) in [6, 6.07) is 9.79. The number of hydrogen-bond donors (Lipinski definition) is 1. The molecule has 0 saturated carbocycles. The van der Waals surface area contributed by atoms with Crippen molar-refractivity contribution >= 4 is 5.97 Å². The van der Waals surface area contributed by atoms with Gasteiger partial charge in [0.25, 0.3) is 0 Å². The Morgan fingerprint density at radius 1 is 1.38 bits per heavy atom. The van der Waals surface area contributed by atoms with Crippen molar-refractivity contribution < 1.29 is 14.6 Å². The highest BCUT2D eigenvalue weighted by molar-refractivity contribution is 5.79. The molecule has 0 aliphatic rings. The monoisotopic (exact) mass is 222 g/mol. The second-order valence-corrected chi connectivity index (χ2v) is 3.86. The molecular formula is C13H18O3. The van der Waals surface area contributed by atoms with E-state index in [0.29, 0.717) is 19.3 Å². The molecule has 0 saturated heterocycles. The summed E-state index contributed by atoms with van der Waals surface area (Å²) >= 11 is 0. The van der Waals surface area contributed by atoms with Crippen molar-refractivity contribution in [2.75, 3.05) is 7.11 Å². The van der Waals surface area contributed by atoms with Gasteiger partial charge < -0.3 is 9.84 Å². The van der Waals surface area contributed by atoms with Crippen LogP contribution < -0.4 is 0 Å². The van der Waals surface area contributed by atoms with E-state index in [1.165, 1.54) is 7.11 Å². The van der Waals surface area contributed by atoms with E-state index in [9.17, 15) is 9.90 Å². The first-order chi connectivity index (χ1) is 7.62. The molecule has 0 aliphatic heterocycles. The van der Waals surface area contributed by atoms with Crippen molar-refractivity contribution in [2.45, 2.75) is 31.8 Å².